The van der Waals surface area contributed by atoms with Crippen molar-refractivity contribution in [1.82, 2.24) is 9.80 Å². The van der Waals surface area contributed by atoms with Crippen molar-refractivity contribution in [3.63, 3.8) is 0 Å². The summed E-state index contributed by atoms with van der Waals surface area (Å²) in [6.45, 7) is 4.30. The predicted octanol–water partition coefficient (Wildman–Crippen LogP) is 4.44. The van der Waals surface area contributed by atoms with Crippen molar-refractivity contribution >= 4 is 11.8 Å². The maximum absolute atomic E-state index is 13.7. The maximum atomic E-state index is 13.7. The van der Waals surface area contributed by atoms with Gasteiger partial charge in [0.1, 0.15) is 29.4 Å². The molecule has 0 radical (unpaired) electrons. The SMILES string of the molecule is COc1ccc(CCN(Cc2ccco2)C(=O)CN(C(=O)c2c(OC)cccc2OC)C(C)C)cc1OC. The van der Waals surface area contributed by atoms with Crippen LogP contribution in [0.25, 0.3) is 0 Å². The highest BCUT2D eigenvalue weighted by molar-refractivity contribution is 6.01. The Hall–Kier alpha value is -4.14. The molecule has 1 heterocycles. The minimum atomic E-state index is -0.347. The molecule has 1 aromatic heterocycles. The van der Waals surface area contributed by atoms with Gasteiger partial charge in [-0.25, -0.2) is 0 Å². The fraction of sp³-hybridized carbons (Fsp3) is 0.379. The zero-order valence-electron chi connectivity index (χ0n) is 22.9. The van der Waals surface area contributed by atoms with Gasteiger partial charge in [-0.2, -0.15) is 0 Å². The number of nitrogens with zero attached hydrogens (tertiary/aromatic N) is 2. The van der Waals surface area contributed by atoms with E-state index < -0.39 is 0 Å². The molecule has 9 nitrogen and oxygen atoms in total. The summed E-state index contributed by atoms with van der Waals surface area (Å²) in [6.07, 6.45) is 2.15. The lowest BCUT2D eigenvalue weighted by molar-refractivity contribution is -0.133. The zero-order valence-corrected chi connectivity index (χ0v) is 22.9. The third-order valence-electron chi connectivity index (χ3n) is 6.23. The lowest BCUT2D eigenvalue weighted by Gasteiger charge is -2.30. The molecule has 0 aliphatic carbocycles. The van der Waals surface area contributed by atoms with Crippen molar-refractivity contribution in [1.29, 1.82) is 0 Å². The second kappa shape index (κ2) is 13.4. The van der Waals surface area contributed by atoms with Gasteiger partial charge in [-0.1, -0.05) is 12.1 Å². The largest absolute Gasteiger partial charge is 0.496 e. The number of carbonyl (C=O) groups excluding carboxylic acids is 2. The smallest absolute Gasteiger partial charge is 0.262 e. The minimum Gasteiger partial charge on any atom is -0.496 e. The molecule has 0 fully saturated rings. The average molecular weight is 525 g/mol. The van der Waals surface area contributed by atoms with E-state index in [-0.39, 0.29) is 36.5 Å². The van der Waals surface area contributed by atoms with E-state index in [1.54, 1.807) is 49.6 Å². The van der Waals surface area contributed by atoms with Crippen LogP contribution in [0.2, 0.25) is 0 Å². The van der Waals surface area contributed by atoms with Crippen molar-refractivity contribution in [3.8, 4) is 23.0 Å². The number of benzene rings is 2. The molecule has 38 heavy (non-hydrogen) atoms. The highest BCUT2D eigenvalue weighted by Crippen LogP contribution is 2.30. The molecule has 0 aliphatic heterocycles. The van der Waals surface area contributed by atoms with Crippen molar-refractivity contribution in [3.05, 3.63) is 71.7 Å². The topological polar surface area (TPSA) is 90.7 Å². The fourth-order valence-electron chi connectivity index (χ4n) is 4.12. The van der Waals surface area contributed by atoms with Gasteiger partial charge < -0.3 is 33.2 Å². The lowest BCUT2D eigenvalue weighted by atomic mass is 10.1. The van der Waals surface area contributed by atoms with Crippen LogP contribution >= 0.6 is 0 Å². The Morgan fingerprint density at radius 2 is 1.50 bits per heavy atom. The van der Waals surface area contributed by atoms with Gasteiger partial charge in [0, 0.05) is 12.6 Å². The van der Waals surface area contributed by atoms with E-state index >= 15 is 0 Å². The molecule has 0 N–H and O–H groups in total. The number of hydrogen-bond acceptors (Lipinski definition) is 7. The molecule has 0 aliphatic rings. The molecule has 204 valence electrons. The maximum Gasteiger partial charge on any atom is 0.262 e. The van der Waals surface area contributed by atoms with Crippen LogP contribution in [0, 0.1) is 0 Å². The van der Waals surface area contributed by atoms with E-state index in [0.29, 0.717) is 41.7 Å². The lowest BCUT2D eigenvalue weighted by Crippen LogP contribution is -2.46. The van der Waals surface area contributed by atoms with E-state index in [2.05, 4.69) is 0 Å². The van der Waals surface area contributed by atoms with Crippen LogP contribution in [0.3, 0.4) is 0 Å². The van der Waals surface area contributed by atoms with E-state index in [0.717, 1.165) is 5.56 Å². The van der Waals surface area contributed by atoms with Gasteiger partial charge in [-0.05, 0) is 62.2 Å². The molecule has 9 heteroatoms. The molecule has 3 aromatic rings. The zero-order chi connectivity index (χ0) is 27.7. The highest BCUT2D eigenvalue weighted by atomic mass is 16.5. The Balaban J connectivity index is 1.84. The van der Waals surface area contributed by atoms with Crippen LogP contribution < -0.4 is 18.9 Å². The molecule has 2 aromatic carbocycles. The van der Waals surface area contributed by atoms with Crippen LogP contribution in [0.4, 0.5) is 0 Å². The molecule has 2 amide bonds. The number of hydrogen-bond donors (Lipinski definition) is 0. The number of amides is 2. The second-order valence-electron chi connectivity index (χ2n) is 8.90. The Bertz CT molecular complexity index is 1190. The van der Waals surface area contributed by atoms with E-state index in [9.17, 15) is 9.59 Å². The van der Waals surface area contributed by atoms with Crippen LogP contribution in [0.15, 0.2) is 59.2 Å². The van der Waals surface area contributed by atoms with Gasteiger partial charge in [0.15, 0.2) is 11.5 Å². The van der Waals surface area contributed by atoms with E-state index in [1.165, 1.54) is 19.1 Å². The first-order valence-electron chi connectivity index (χ1n) is 12.4. The minimum absolute atomic E-state index is 0.121. The molecule has 0 saturated carbocycles. The van der Waals surface area contributed by atoms with Gasteiger partial charge in [-0.15, -0.1) is 0 Å². The molecule has 0 saturated heterocycles. The summed E-state index contributed by atoms with van der Waals surface area (Å²) in [4.78, 5) is 30.6. The van der Waals surface area contributed by atoms with Gasteiger partial charge in [0.2, 0.25) is 5.91 Å². The van der Waals surface area contributed by atoms with Crippen molar-refractivity contribution < 1.29 is 33.0 Å². The standard InChI is InChI=1S/C29H36N2O7/c1-20(2)31(29(33)28-24(35-4)10-7-11-25(28)36-5)19-27(32)30(18-22-9-8-16-38-22)15-14-21-12-13-23(34-3)26(17-21)37-6/h7-13,16-17,20H,14-15,18-19H2,1-6H3. The van der Waals surface area contributed by atoms with Crippen LogP contribution in [0.1, 0.15) is 35.5 Å². The quantitative estimate of drug-likeness (QED) is 0.327. The third kappa shape index (κ3) is 6.79. The number of rotatable bonds is 13. The van der Waals surface area contributed by atoms with Gasteiger partial charge in [0.25, 0.3) is 5.91 Å². The first-order valence-corrected chi connectivity index (χ1v) is 12.4. The Labute approximate surface area is 223 Å². The van der Waals surface area contributed by atoms with Crippen LogP contribution in [-0.2, 0) is 17.8 Å². The summed E-state index contributed by atoms with van der Waals surface area (Å²) in [5.74, 6) is 2.12. The predicted molar refractivity (Wildman–Crippen MR) is 143 cm³/mol. The molecular formula is C29H36N2O7. The van der Waals surface area contributed by atoms with Gasteiger partial charge in [0.05, 0.1) is 41.2 Å². The van der Waals surface area contributed by atoms with Gasteiger partial charge >= 0.3 is 0 Å². The summed E-state index contributed by atoms with van der Waals surface area (Å²) in [5, 5.41) is 0. The van der Waals surface area contributed by atoms with Gasteiger partial charge in [-0.3, -0.25) is 9.59 Å². The first kappa shape index (κ1) is 28.4. The number of carbonyl (C=O) groups is 2. The normalized spacial score (nSPS) is 10.7. The summed E-state index contributed by atoms with van der Waals surface area (Å²) in [5.41, 5.74) is 1.26. The molecule has 0 unspecified atom stereocenters. The Morgan fingerprint density at radius 1 is 0.842 bits per heavy atom. The molecule has 0 atom stereocenters. The Kier molecular flexibility index (Phi) is 10.0. The highest BCUT2D eigenvalue weighted by Gasteiger charge is 2.29. The van der Waals surface area contributed by atoms with Crippen molar-refractivity contribution in [2.24, 2.45) is 0 Å². The molecule has 3 rings (SSSR count). The number of furan rings is 1. The summed E-state index contributed by atoms with van der Waals surface area (Å²) in [6, 6.07) is 14.2. The van der Waals surface area contributed by atoms with E-state index in [1.807, 2.05) is 38.1 Å². The van der Waals surface area contributed by atoms with Crippen molar-refractivity contribution in [2.45, 2.75) is 32.9 Å². The summed E-state index contributed by atoms with van der Waals surface area (Å²) >= 11 is 0. The molecule has 0 bridgehead atoms. The first-order chi connectivity index (χ1) is 18.3. The molecular weight excluding hydrogens is 488 g/mol. The number of methoxy groups -OCH3 is 4. The average Bonchev–Trinajstić information content (AvgIpc) is 3.45. The summed E-state index contributed by atoms with van der Waals surface area (Å²) in [7, 11) is 6.16. The molecule has 0 spiro atoms. The van der Waals surface area contributed by atoms with Crippen LogP contribution in [-0.4, -0.2) is 69.2 Å². The number of ether oxygens (including phenoxy) is 4. The van der Waals surface area contributed by atoms with Crippen molar-refractivity contribution in [2.75, 3.05) is 41.5 Å². The second-order valence-corrected chi connectivity index (χ2v) is 8.90. The van der Waals surface area contributed by atoms with E-state index in [4.69, 9.17) is 23.4 Å². The monoisotopic (exact) mass is 524 g/mol. The Morgan fingerprint density at radius 3 is 2.05 bits per heavy atom. The summed E-state index contributed by atoms with van der Waals surface area (Å²) < 4.78 is 27.1. The van der Waals surface area contributed by atoms with Crippen LogP contribution in [0.5, 0.6) is 23.0 Å². The third-order valence-corrected chi connectivity index (χ3v) is 6.23. The fourth-order valence-corrected chi connectivity index (χ4v) is 4.12.